The van der Waals surface area contributed by atoms with E-state index in [4.69, 9.17) is 4.74 Å². The largest absolute Gasteiger partial charge is 0.493 e. The van der Waals surface area contributed by atoms with Crippen molar-refractivity contribution in [2.45, 2.75) is 39.2 Å². The SMILES string of the molecule is C=N/C(=N\C=C/C)c1ccc(NC(C)=O)nc1C(=O)N[C@H]1CCC[C@@H]1COc1ccc(F)cc1. The Balaban J connectivity index is 1.80. The number of carbonyl (C=O) groups is 2. The molecule has 1 aliphatic rings. The Morgan fingerprint density at radius 2 is 2.00 bits per heavy atom. The highest BCUT2D eigenvalue weighted by atomic mass is 19.1. The van der Waals surface area contributed by atoms with Gasteiger partial charge in [0, 0.05) is 25.1 Å². The van der Waals surface area contributed by atoms with Crippen LogP contribution >= 0.6 is 0 Å². The van der Waals surface area contributed by atoms with E-state index in [-0.39, 0.29) is 41.0 Å². The van der Waals surface area contributed by atoms with Crippen LogP contribution < -0.4 is 15.4 Å². The summed E-state index contributed by atoms with van der Waals surface area (Å²) in [6.45, 7) is 7.12. The number of amidine groups is 1. The lowest BCUT2D eigenvalue weighted by Crippen LogP contribution is -2.40. The molecule has 0 saturated heterocycles. The second-order valence-electron chi connectivity index (χ2n) is 7.90. The van der Waals surface area contributed by atoms with Crippen LogP contribution in [-0.2, 0) is 4.79 Å². The lowest BCUT2D eigenvalue weighted by molar-refractivity contribution is -0.114. The molecule has 1 aromatic carbocycles. The third kappa shape index (κ3) is 6.57. The summed E-state index contributed by atoms with van der Waals surface area (Å²) in [5.74, 6) is 0.125. The minimum absolute atomic E-state index is 0.0877. The third-order valence-corrected chi connectivity index (χ3v) is 5.40. The fourth-order valence-corrected chi connectivity index (χ4v) is 3.80. The van der Waals surface area contributed by atoms with Crippen LogP contribution in [0, 0.1) is 11.7 Å². The number of hydrogen-bond acceptors (Lipinski definition) is 5. The van der Waals surface area contributed by atoms with E-state index >= 15 is 0 Å². The Morgan fingerprint density at radius 1 is 1.24 bits per heavy atom. The summed E-state index contributed by atoms with van der Waals surface area (Å²) in [7, 11) is 0. The first-order valence-corrected chi connectivity index (χ1v) is 11.0. The van der Waals surface area contributed by atoms with Crippen molar-refractivity contribution < 1.29 is 18.7 Å². The number of amides is 2. The van der Waals surface area contributed by atoms with Gasteiger partial charge < -0.3 is 15.4 Å². The summed E-state index contributed by atoms with van der Waals surface area (Å²) >= 11 is 0. The third-order valence-electron chi connectivity index (χ3n) is 5.40. The number of aliphatic imine (C=N–C) groups is 2. The molecule has 0 radical (unpaired) electrons. The van der Waals surface area contributed by atoms with Crippen LogP contribution in [0.4, 0.5) is 10.2 Å². The minimum atomic E-state index is -0.405. The maximum atomic E-state index is 13.3. The molecule has 3 rings (SSSR count). The number of allylic oxidation sites excluding steroid dienone is 1. The number of ether oxygens (including phenoxy) is 1. The van der Waals surface area contributed by atoms with Crippen LogP contribution in [0.2, 0.25) is 0 Å². The van der Waals surface area contributed by atoms with E-state index < -0.39 is 5.91 Å². The van der Waals surface area contributed by atoms with Crippen LogP contribution in [0.15, 0.2) is 58.7 Å². The molecule has 0 bridgehead atoms. The first-order valence-electron chi connectivity index (χ1n) is 11.0. The second kappa shape index (κ2) is 11.8. The molecule has 2 N–H and O–H groups in total. The number of carbonyl (C=O) groups excluding carboxylic acids is 2. The first-order chi connectivity index (χ1) is 16.4. The number of benzene rings is 1. The van der Waals surface area contributed by atoms with Gasteiger partial charge in [0.15, 0.2) is 5.84 Å². The van der Waals surface area contributed by atoms with Crippen molar-refractivity contribution in [3.8, 4) is 5.75 Å². The van der Waals surface area contributed by atoms with Gasteiger partial charge in [0.2, 0.25) is 5.91 Å². The molecule has 1 heterocycles. The number of nitrogens with zero attached hydrogens (tertiary/aromatic N) is 3. The molecule has 34 heavy (non-hydrogen) atoms. The summed E-state index contributed by atoms with van der Waals surface area (Å²) < 4.78 is 18.9. The van der Waals surface area contributed by atoms with Gasteiger partial charge in [-0.05, 0) is 62.9 Å². The normalized spacial score (nSPS) is 18.0. The van der Waals surface area contributed by atoms with E-state index in [1.807, 2.05) is 6.92 Å². The molecule has 0 spiro atoms. The van der Waals surface area contributed by atoms with E-state index in [1.165, 1.54) is 19.1 Å². The maximum absolute atomic E-state index is 13.3. The molecule has 178 valence electrons. The number of aromatic nitrogens is 1. The number of anilines is 1. The van der Waals surface area contributed by atoms with E-state index in [0.717, 1.165) is 19.3 Å². The topological polar surface area (TPSA) is 105 Å². The highest BCUT2D eigenvalue weighted by molar-refractivity contribution is 6.10. The van der Waals surface area contributed by atoms with Crippen LogP contribution in [0.5, 0.6) is 5.75 Å². The summed E-state index contributed by atoms with van der Waals surface area (Å²) in [6.07, 6.45) is 5.90. The van der Waals surface area contributed by atoms with E-state index in [9.17, 15) is 14.0 Å². The van der Waals surface area contributed by atoms with Crippen LogP contribution in [0.3, 0.4) is 0 Å². The standard InChI is InChI=1S/C25H28FN5O3/c1-4-14-28-24(27-3)20-12-13-22(29-16(2)32)31-23(20)25(33)30-21-7-5-6-17(21)15-34-19-10-8-18(26)9-11-19/h4,8-14,17,21H,3,5-7,15H2,1-2H3,(H,30,33)(H,29,31,32)/b14-4-,28-24-/t17-,21+/m1/s1. The molecule has 0 unspecified atom stereocenters. The molecule has 9 heteroatoms. The monoisotopic (exact) mass is 465 g/mol. The molecule has 1 saturated carbocycles. The first kappa shape index (κ1) is 24.8. The molecule has 8 nitrogen and oxygen atoms in total. The van der Waals surface area contributed by atoms with E-state index in [0.29, 0.717) is 17.9 Å². The number of pyridine rings is 1. The molecule has 1 aliphatic carbocycles. The zero-order valence-electron chi connectivity index (χ0n) is 19.3. The predicted molar refractivity (Wildman–Crippen MR) is 130 cm³/mol. The van der Waals surface area contributed by atoms with Gasteiger partial charge in [-0.3, -0.25) is 9.59 Å². The average Bonchev–Trinajstić information content (AvgIpc) is 3.26. The fourth-order valence-electron chi connectivity index (χ4n) is 3.80. The summed E-state index contributed by atoms with van der Waals surface area (Å²) in [6, 6.07) is 8.94. The average molecular weight is 466 g/mol. The van der Waals surface area contributed by atoms with Gasteiger partial charge in [-0.15, -0.1) is 0 Å². The van der Waals surface area contributed by atoms with Crippen LogP contribution in [-0.4, -0.2) is 42.0 Å². The number of rotatable bonds is 8. The van der Waals surface area contributed by atoms with Crippen LogP contribution in [0.25, 0.3) is 0 Å². The minimum Gasteiger partial charge on any atom is -0.493 e. The smallest absolute Gasteiger partial charge is 0.270 e. The summed E-state index contributed by atoms with van der Waals surface area (Å²) in [5.41, 5.74) is 0.490. The van der Waals surface area contributed by atoms with Gasteiger partial charge in [-0.25, -0.2) is 19.4 Å². The Hall–Kier alpha value is -3.88. The zero-order valence-corrected chi connectivity index (χ0v) is 19.3. The van der Waals surface area contributed by atoms with Gasteiger partial charge >= 0.3 is 0 Å². The van der Waals surface area contributed by atoms with Crippen molar-refractivity contribution in [3.63, 3.8) is 0 Å². The van der Waals surface area contributed by atoms with Crippen molar-refractivity contribution in [2.75, 3.05) is 11.9 Å². The molecule has 1 fully saturated rings. The van der Waals surface area contributed by atoms with Gasteiger partial charge in [-0.1, -0.05) is 12.5 Å². The predicted octanol–water partition coefficient (Wildman–Crippen LogP) is 4.14. The van der Waals surface area contributed by atoms with Crippen molar-refractivity contribution in [3.05, 3.63) is 65.7 Å². The van der Waals surface area contributed by atoms with Crippen LogP contribution in [0.1, 0.15) is 49.2 Å². The Labute approximate surface area is 198 Å². The summed E-state index contributed by atoms with van der Waals surface area (Å²) in [4.78, 5) is 37.3. The molecule has 1 aromatic heterocycles. The number of halogens is 1. The highest BCUT2D eigenvalue weighted by Gasteiger charge is 2.31. The van der Waals surface area contributed by atoms with E-state index in [1.54, 1.807) is 36.5 Å². The van der Waals surface area contributed by atoms with Crippen molar-refractivity contribution >= 4 is 30.2 Å². The molecular weight excluding hydrogens is 437 g/mol. The fraction of sp³-hybridized carbons (Fsp3) is 0.320. The number of nitrogens with one attached hydrogen (secondary N) is 2. The van der Waals surface area contributed by atoms with Crippen molar-refractivity contribution in [1.82, 2.24) is 10.3 Å². The maximum Gasteiger partial charge on any atom is 0.270 e. The lowest BCUT2D eigenvalue weighted by Gasteiger charge is -2.22. The molecule has 2 amide bonds. The molecule has 2 aromatic rings. The Morgan fingerprint density at radius 3 is 2.68 bits per heavy atom. The Bertz CT molecular complexity index is 1100. The molecular formula is C25H28FN5O3. The van der Waals surface area contributed by atoms with Gasteiger partial charge in [0.25, 0.3) is 5.91 Å². The van der Waals surface area contributed by atoms with Crippen molar-refractivity contribution in [2.24, 2.45) is 15.9 Å². The van der Waals surface area contributed by atoms with Gasteiger partial charge in [-0.2, -0.15) is 0 Å². The van der Waals surface area contributed by atoms with E-state index in [2.05, 4.69) is 32.3 Å². The Kier molecular flexibility index (Phi) is 8.61. The number of hydrogen-bond donors (Lipinski definition) is 2. The highest BCUT2D eigenvalue weighted by Crippen LogP contribution is 2.27. The van der Waals surface area contributed by atoms with Crippen molar-refractivity contribution in [1.29, 1.82) is 0 Å². The second-order valence-corrected chi connectivity index (χ2v) is 7.90. The summed E-state index contributed by atoms with van der Waals surface area (Å²) in [5, 5.41) is 5.65. The van der Waals surface area contributed by atoms with Gasteiger partial charge in [0.1, 0.15) is 23.1 Å². The van der Waals surface area contributed by atoms with Gasteiger partial charge in [0.05, 0.1) is 12.2 Å². The molecule has 0 aliphatic heterocycles. The quantitative estimate of drug-likeness (QED) is 0.452. The lowest BCUT2D eigenvalue weighted by atomic mass is 10.0. The molecule has 2 atom stereocenters. The zero-order chi connectivity index (χ0) is 24.5.